The van der Waals surface area contributed by atoms with Crippen LogP contribution in [0.3, 0.4) is 0 Å². The van der Waals surface area contributed by atoms with E-state index in [1.807, 2.05) is 31.2 Å². The molecule has 1 aliphatic rings. The molecule has 2 amide bonds. The standard InChI is InChI=1S/C22H19FN2O3S/c1-12-19-16(15-5-3-4-6-17(15)28-2)11-18(26)25-22(19)29-20(12)21(27)24-14-9-7-13(23)8-10-14/h3-10,16H,11H2,1-2H3,(H,24,27)(H,25,26). The third kappa shape index (κ3) is 3.61. The van der Waals surface area contributed by atoms with E-state index in [1.165, 1.54) is 35.6 Å². The van der Waals surface area contributed by atoms with Crippen molar-refractivity contribution in [3.63, 3.8) is 0 Å². The van der Waals surface area contributed by atoms with Crippen LogP contribution in [0.25, 0.3) is 0 Å². The summed E-state index contributed by atoms with van der Waals surface area (Å²) in [5, 5.41) is 6.36. The lowest BCUT2D eigenvalue weighted by atomic mass is 9.84. The Bertz CT molecular complexity index is 1090. The van der Waals surface area contributed by atoms with E-state index in [-0.39, 0.29) is 30.0 Å². The monoisotopic (exact) mass is 410 g/mol. The van der Waals surface area contributed by atoms with Gasteiger partial charge in [0.15, 0.2) is 0 Å². The van der Waals surface area contributed by atoms with Crippen molar-refractivity contribution in [2.24, 2.45) is 0 Å². The van der Waals surface area contributed by atoms with Crippen molar-refractivity contribution in [3.8, 4) is 5.75 Å². The van der Waals surface area contributed by atoms with Crippen LogP contribution in [0.5, 0.6) is 5.75 Å². The lowest BCUT2D eigenvalue weighted by Crippen LogP contribution is -2.23. The van der Waals surface area contributed by atoms with Gasteiger partial charge in [-0.3, -0.25) is 9.59 Å². The van der Waals surface area contributed by atoms with Crippen LogP contribution in [0, 0.1) is 12.7 Å². The number of nitrogens with one attached hydrogen (secondary N) is 2. The van der Waals surface area contributed by atoms with Gasteiger partial charge in [-0.05, 0) is 48.4 Å². The summed E-state index contributed by atoms with van der Waals surface area (Å²) in [4.78, 5) is 25.7. The Balaban J connectivity index is 1.72. The summed E-state index contributed by atoms with van der Waals surface area (Å²) >= 11 is 1.25. The first-order valence-electron chi connectivity index (χ1n) is 9.11. The maximum Gasteiger partial charge on any atom is 0.266 e. The van der Waals surface area contributed by atoms with Crippen molar-refractivity contribution >= 4 is 33.8 Å². The van der Waals surface area contributed by atoms with E-state index in [0.717, 1.165) is 16.7 Å². The Morgan fingerprint density at radius 1 is 1.21 bits per heavy atom. The molecule has 0 spiro atoms. The number of benzene rings is 2. The maximum atomic E-state index is 13.1. The summed E-state index contributed by atoms with van der Waals surface area (Å²) in [6.45, 7) is 1.88. The minimum absolute atomic E-state index is 0.0971. The highest BCUT2D eigenvalue weighted by Gasteiger charge is 2.34. The van der Waals surface area contributed by atoms with Crippen molar-refractivity contribution in [2.75, 3.05) is 17.7 Å². The molecule has 0 saturated carbocycles. The second-order valence-corrected chi connectivity index (χ2v) is 7.83. The van der Waals surface area contributed by atoms with E-state index in [4.69, 9.17) is 4.74 Å². The van der Waals surface area contributed by atoms with E-state index < -0.39 is 0 Å². The molecule has 7 heteroatoms. The predicted molar refractivity (Wildman–Crippen MR) is 111 cm³/mol. The molecule has 1 unspecified atom stereocenters. The minimum Gasteiger partial charge on any atom is -0.496 e. The Morgan fingerprint density at radius 3 is 2.66 bits per heavy atom. The summed E-state index contributed by atoms with van der Waals surface area (Å²) in [5.41, 5.74) is 3.17. The quantitative estimate of drug-likeness (QED) is 0.641. The zero-order valence-corrected chi connectivity index (χ0v) is 16.7. The largest absolute Gasteiger partial charge is 0.496 e. The van der Waals surface area contributed by atoms with Crippen molar-refractivity contribution in [1.82, 2.24) is 0 Å². The van der Waals surface area contributed by atoms with E-state index in [2.05, 4.69) is 10.6 Å². The van der Waals surface area contributed by atoms with Gasteiger partial charge in [0.25, 0.3) is 5.91 Å². The Hall–Kier alpha value is -3.19. The Kier molecular flexibility index (Phi) is 5.07. The van der Waals surface area contributed by atoms with Crippen LogP contribution in [-0.2, 0) is 4.79 Å². The number of para-hydroxylation sites is 1. The summed E-state index contributed by atoms with van der Waals surface area (Å²) in [5.74, 6) is -0.241. The Labute approximate surface area is 171 Å². The number of rotatable bonds is 4. The van der Waals surface area contributed by atoms with Crippen LogP contribution < -0.4 is 15.4 Å². The van der Waals surface area contributed by atoms with Gasteiger partial charge in [-0.25, -0.2) is 4.39 Å². The normalized spacial score (nSPS) is 15.4. The number of fused-ring (bicyclic) bond motifs is 1. The van der Waals surface area contributed by atoms with Gasteiger partial charge >= 0.3 is 0 Å². The highest BCUT2D eigenvalue weighted by Crippen LogP contribution is 2.47. The van der Waals surface area contributed by atoms with Crippen molar-refractivity contribution in [2.45, 2.75) is 19.3 Å². The number of hydrogen-bond donors (Lipinski definition) is 2. The van der Waals surface area contributed by atoms with Gasteiger partial charge in [0.2, 0.25) is 5.91 Å². The SMILES string of the molecule is COc1ccccc1C1CC(=O)Nc2sc(C(=O)Nc3ccc(F)cc3)c(C)c21. The molecule has 3 aromatic rings. The number of halogens is 1. The van der Waals surface area contributed by atoms with Gasteiger partial charge in [0.05, 0.1) is 17.0 Å². The third-order valence-electron chi connectivity index (χ3n) is 5.01. The molecule has 0 fully saturated rings. The highest BCUT2D eigenvalue weighted by molar-refractivity contribution is 7.18. The van der Waals surface area contributed by atoms with Gasteiger partial charge in [0, 0.05) is 23.6 Å². The van der Waals surface area contributed by atoms with Gasteiger partial charge in [-0.15, -0.1) is 11.3 Å². The molecule has 148 valence electrons. The van der Waals surface area contributed by atoms with Gasteiger partial charge in [-0.2, -0.15) is 0 Å². The zero-order chi connectivity index (χ0) is 20.5. The van der Waals surface area contributed by atoms with E-state index in [1.54, 1.807) is 7.11 Å². The molecule has 0 radical (unpaired) electrons. The number of carbonyl (C=O) groups excluding carboxylic acids is 2. The zero-order valence-electron chi connectivity index (χ0n) is 15.9. The minimum atomic E-state index is -0.367. The van der Waals surface area contributed by atoms with Crippen LogP contribution in [0.2, 0.25) is 0 Å². The molecule has 1 atom stereocenters. The molecule has 2 heterocycles. The molecule has 5 nitrogen and oxygen atoms in total. The Morgan fingerprint density at radius 2 is 1.93 bits per heavy atom. The molecule has 0 saturated heterocycles. The van der Waals surface area contributed by atoms with E-state index >= 15 is 0 Å². The molecule has 2 aromatic carbocycles. The topological polar surface area (TPSA) is 67.4 Å². The van der Waals surface area contributed by atoms with Crippen LogP contribution in [0.15, 0.2) is 48.5 Å². The average molecular weight is 410 g/mol. The molecular formula is C22H19FN2O3S. The first-order valence-corrected chi connectivity index (χ1v) is 9.92. The van der Waals surface area contributed by atoms with E-state index in [0.29, 0.717) is 21.3 Å². The van der Waals surface area contributed by atoms with Gasteiger partial charge < -0.3 is 15.4 Å². The van der Waals surface area contributed by atoms with Crippen LogP contribution in [0.4, 0.5) is 15.1 Å². The van der Waals surface area contributed by atoms with Crippen LogP contribution in [0.1, 0.15) is 38.7 Å². The lowest BCUT2D eigenvalue weighted by molar-refractivity contribution is -0.116. The fourth-order valence-electron chi connectivity index (χ4n) is 3.66. The summed E-state index contributed by atoms with van der Waals surface area (Å²) in [7, 11) is 1.60. The number of methoxy groups -OCH3 is 1. The molecule has 4 rings (SSSR count). The fraction of sp³-hybridized carbons (Fsp3) is 0.182. The number of anilines is 2. The second kappa shape index (κ2) is 7.67. The first-order chi connectivity index (χ1) is 14.0. The average Bonchev–Trinajstić information content (AvgIpc) is 3.05. The molecular weight excluding hydrogens is 391 g/mol. The third-order valence-corrected chi connectivity index (χ3v) is 6.23. The van der Waals surface area contributed by atoms with E-state index in [9.17, 15) is 14.0 Å². The molecule has 29 heavy (non-hydrogen) atoms. The molecule has 2 N–H and O–H groups in total. The second-order valence-electron chi connectivity index (χ2n) is 6.81. The van der Waals surface area contributed by atoms with Crippen LogP contribution >= 0.6 is 11.3 Å². The summed E-state index contributed by atoms with van der Waals surface area (Å²) in [6, 6.07) is 13.2. The van der Waals surface area contributed by atoms with Crippen LogP contribution in [-0.4, -0.2) is 18.9 Å². The number of hydrogen-bond acceptors (Lipinski definition) is 4. The van der Waals surface area contributed by atoms with Gasteiger partial charge in [-0.1, -0.05) is 18.2 Å². The molecule has 0 aliphatic carbocycles. The first kappa shape index (κ1) is 19.1. The van der Waals surface area contributed by atoms with Crippen molar-refractivity contribution in [3.05, 3.63) is 75.9 Å². The molecule has 1 aliphatic heterocycles. The fourth-order valence-corrected chi connectivity index (χ4v) is 4.84. The maximum absolute atomic E-state index is 13.1. The summed E-state index contributed by atoms with van der Waals surface area (Å²) in [6.07, 6.45) is 0.282. The summed E-state index contributed by atoms with van der Waals surface area (Å²) < 4.78 is 18.6. The smallest absolute Gasteiger partial charge is 0.266 e. The highest BCUT2D eigenvalue weighted by atomic mass is 32.1. The molecule has 1 aromatic heterocycles. The number of thiophene rings is 1. The number of ether oxygens (including phenoxy) is 1. The van der Waals surface area contributed by atoms with Crippen molar-refractivity contribution in [1.29, 1.82) is 0 Å². The number of amides is 2. The molecule has 0 bridgehead atoms. The number of carbonyl (C=O) groups is 2. The van der Waals surface area contributed by atoms with Gasteiger partial charge in [0.1, 0.15) is 11.6 Å². The lowest BCUT2D eigenvalue weighted by Gasteiger charge is -2.25. The predicted octanol–water partition coefficient (Wildman–Crippen LogP) is 4.93. The van der Waals surface area contributed by atoms with Crippen molar-refractivity contribution < 1.29 is 18.7 Å².